The lowest BCUT2D eigenvalue weighted by Crippen LogP contribution is -1.95. The van der Waals surface area contributed by atoms with Crippen LogP contribution in [0.25, 0.3) is 5.65 Å². The van der Waals surface area contributed by atoms with Crippen molar-refractivity contribution >= 4 is 28.8 Å². The minimum atomic E-state index is 0.401. The first-order valence-corrected chi connectivity index (χ1v) is 5.58. The average Bonchev–Trinajstić information content (AvgIpc) is 2.60. The Balaban J connectivity index is 2.68. The van der Waals surface area contributed by atoms with Gasteiger partial charge in [-0.05, 0) is 12.3 Å². The summed E-state index contributed by atoms with van der Waals surface area (Å²) in [7, 11) is 0. The van der Waals surface area contributed by atoms with E-state index in [2.05, 4.69) is 23.9 Å². The van der Waals surface area contributed by atoms with Gasteiger partial charge >= 0.3 is 0 Å². The smallest absolute Gasteiger partial charge is 0.161 e. The predicted octanol–water partition coefficient (Wildman–Crippen LogP) is 3.55. The van der Waals surface area contributed by atoms with Crippen LogP contribution < -0.4 is 0 Å². The zero-order valence-corrected chi connectivity index (χ0v) is 10.0. The minimum absolute atomic E-state index is 0.401. The first-order valence-electron chi connectivity index (χ1n) is 4.83. The topological polar surface area (TPSA) is 30.2 Å². The molecule has 2 rings (SSSR count). The van der Waals surface area contributed by atoms with Crippen LogP contribution in [0, 0.1) is 0 Å². The van der Waals surface area contributed by atoms with Crippen molar-refractivity contribution in [2.75, 3.05) is 0 Å². The second-order valence-corrected chi connectivity index (χ2v) is 4.32. The van der Waals surface area contributed by atoms with Crippen LogP contribution >= 0.6 is 23.2 Å². The summed E-state index contributed by atoms with van der Waals surface area (Å²) in [5.41, 5.74) is 1.84. The lowest BCUT2D eigenvalue weighted by Gasteiger charge is -2.05. The standard InChI is InChI=1S/C10H11Cl2N3/c1-3-6(2)7-5-13-15-9(12)4-8(11)14-10(7)15/h4-6H,3H2,1-2H3. The highest BCUT2D eigenvalue weighted by molar-refractivity contribution is 6.33. The van der Waals surface area contributed by atoms with E-state index >= 15 is 0 Å². The Kier molecular flexibility index (Phi) is 2.85. The van der Waals surface area contributed by atoms with E-state index < -0.39 is 0 Å². The fraction of sp³-hybridized carbons (Fsp3) is 0.400. The van der Waals surface area contributed by atoms with Gasteiger partial charge in [0.15, 0.2) is 5.65 Å². The molecule has 0 aliphatic heterocycles. The Morgan fingerprint density at radius 1 is 1.47 bits per heavy atom. The summed E-state index contributed by atoms with van der Waals surface area (Å²) in [6.07, 6.45) is 2.84. The summed E-state index contributed by atoms with van der Waals surface area (Å²) in [6, 6.07) is 1.59. The van der Waals surface area contributed by atoms with E-state index in [1.807, 2.05) is 0 Å². The van der Waals surface area contributed by atoms with Gasteiger partial charge in [-0.3, -0.25) is 0 Å². The summed E-state index contributed by atoms with van der Waals surface area (Å²) in [6.45, 7) is 4.26. The maximum atomic E-state index is 6.00. The molecule has 0 aromatic carbocycles. The van der Waals surface area contributed by atoms with E-state index in [4.69, 9.17) is 23.2 Å². The van der Waals surface area contributed by atoms with Gasteiger partial charge < -0.3 is 0 Å². The molecule has 0 spiro atoms. The first-order chi connectivity index (χ1) is 7.13. The van der Waals surface area contributed by atoms with Crippen LogP contribution in [-0.2, 0) is 0 Å². The van der Waals surface area contributed by atoms with Crippen molar-refractivity contribution in [3.05, 3.63) is 28.1 Å². The zero-order valence-electron chi connectivity index (χ0n) is 8.54. The molecule has 2 heterocycles. The van der Waals surface area contributed by atoms with Gasteiger partial charge in [-0.15, -0.1) is 0 Å². The van der Waals surface area contributed by atoms with Crippen molar-refractivity contribution in [1.82, 2.24) is 14.6 Å². The molecule has 0 aliphatic carbocycles. The van der Waals surface area contributed by atoms with E-state index in [-0.39, 0.29) is 0 Å². The molecular weight excluding hydrogens is 233 g/mol. The molecule has 0 radical (unpaired) electrons. The average molecular weight is 244 g/mol. The Labute approximate surface area is 98.0 Å². The Morgan fingerprint density at radius 3 is 2.87 bits per heavy atom. The third-order valence-corrected chi connectivity index (χ3v) is 3.03. The van der Waals surface area contributed by atoms with E-state index in [9.17, 15) is 0 Å². The van der Waals surface area contributed by atoms with E-state index in [0.717, 1.165) is 17.6 Å². The highest BCUT2D eigenvalue weighted by Gasteiger charge is 2.13. The summed E-state index contributed by atoms with van der Waals surface area (Å²) in [4.78, 5) is 4.25. The van der Waals surface area contributed by atoms with Crippen LogP contribution in [-0.4, -0.2) is 14.6 Å². The Hall–Kier alpha value is -0.800. The monoisotopic (exact) mass is 243 g/mol. The molecule has 0 bridgehead atoms. The highest BCUT2D eigenvalue weighted by atomic mass is 35.5. The lowest BCUT2D eigenvalue weighted by atomic mass is 10.0. The molecule has 1 unspecified atom stereocenters. The van der Waals surface area contributed by atoms with Crippen LogP contribution in [0.15, 0.2) is 12.3 Å². The van der Waals surface area contributed by atoms with Gasteiger partial charge in [0.2, 0.25) is 0 Å². The molecule has 2 aromatic heterocycles. The molecule has 0 fully saturated rings. The fourth-order valence-corrected chi connectivity index (χ4v) is 1.95. The van der Waals surface area contributed by atoms with Crippen LogP contribution in [0.2, 0.25) is 10.3 Å². The SMILES string of the molecule is CCC(C)c1cnn2c(Cl)cc(Cl)nc12. The number of halogens is 2. The van der Waals surface area contributed by atoms with Gasteiger partial charge in [-0.1, -0.05) is 37.0 Å². The van der Waals surface area contributed by atoms with Gasteiger partial charge in [-0.2, -0.15) is 5.10 Å². The lowest BCUT2D eigenvalue weighted by molar-refractivity contribution is 0.737. The van der Waals surface area contributed by atoms with Crippen LogP contribution in [0.3, 0.4) is 0 Å². The summed E-state index contributed by atoms with van der Waals surface area (Å²) in [5.74, 6) is 0.407. The Morgan fingerprint density at radius 2 is 2.20 bits per heavy atom. The van der Waals surface area contributed by atoms with Gasteiger partial charge in [0, 0.05) is 11.6 Å². The number of fused-ring (bicyclic) bond motifs is 1. The number of rotatable bonds is 2. The molecule has 15 heavy (non-hydrogen) atoms. The maximum absolute atomic E-state index is 6.00. The zero-order chi connectivity index (χ0) is 11.0. The van der Waals surface area contributed by atoms with E-state index in [0.29, 0.717) is 16.2 Å². The maximum Gasteiger partial charge on any atom is 0.161 e. The van der Waals surface area contributed by atoms with Crippen LogP contribution in [0.4, 0.5) is 0 Å². The van der Waals surface area contributed by atoms with Crippen molar-refractivity contribution in [2.24, 2.45) is 0 Å². The third-order valence-electron chi connectivity index (χ3n) is 2.57. The van der Waals surface area contributed by atoms with E-state index in [1.54, 1.807) is 16.8 Å². The van der Waals surface area contributed by atoms with Crippen molar-refractivity contribution in [1.29, 1.82) is 0 Å². The van der Waals surface area contributed by atoms with Crippen molar-refractivity contribution in [3.63, 3.8) is 0 Å². The quantitative estimate of drug-likeness (QED) is 0.756. The number of hydrogen-bond acceptors (Lipinski definition) is 2. The van der Waals surface area contributed by atoms with Gasteiger partial charge in [0.1, 0.15) is 10.3 Å². The van der Waals surface area contributed by atoms with E-state index in [1.165, 1.54) is 0 Å². The second kappa shape index (κ2) is 3.99. The van der Waals surface area contributed by atoms with Gasteiger partial charge in [0.25, 0.3) is 0 Å². The molecule has 0 saturated heterocycles. The fourth-order valence-electron chi connectivity index (χ4n) is 1.48. The molecule has 5 heteroatoms. The molecular formula is C10H11Cl2N3. The van der Waals surface area contributed by atoms with Crippen molar-refractivity contribution < 1.29 is 0 Å². The predicted molar refractivity (Wildman–Crippen MR) is 61.7 cm³/mol. The summed E-state index contributed by atoms with van der Waals surface area (Å²) >= 11 is 11.9. The summed E-state index contributed by atoms with van der Waals surface area (Å²) < 4.78 is 1.61. The molecule has 0 amide bonds. The largest absolute Gasteiger partial charge is 0.216 e. The molecule has 0 saturated carbocycles. The summed E-state index contributed by atoms with van der Waals surface area (Å²) in [5, 5.41) is 5.08. The normalized spacial score (nSPS) is 13.3. The highest BCUT2D eigenvalue weighted by Crippen LogP contribution is 2.25. The molecule has 80 valence electrons. The van der Waals surface area contributed by atoms with Gasteiger partial charge in [-0.25, -0.2) is 9.50 Å². The van der Waals surface area contributed by atoms with Crippen LogP contribution in [0.1, 0.15) is 31.7 Å². The third kappa shape index (κ3) is 1.82. The van der Waals surface area contributed by atoms with Crippen molar-refractivity contribution in [3.8, 4) is 0 Å². The second-order valence-electron chi connectivity index (χ2n) is 3.55. The Bertz CT molecular complexity index is 493. The first kappa shape index (κ1) is 10.7. The molecule has 1 atom stereocenters. The molecule has 2 aromatic rings. The minimum Gasteiger partial charge on any atom is -0.216 e. The molecule has 3 nitrogen and oxygen atoms in total. The number of hydrogen-bond donors (Lipinski definition) is 0. The molecule has 0 N–H and O–H groups in total. The number of nitrogens with zero attached hydrogens (tertiary/aromatic N) is 3. The molecule has 0 aliphatic rings. The van der Waals surface area contributed by atoms with Crippen LogP contribution in [0.5, 0.6) is 0 Å². The van der Waals surface area contributed by atoms with Gasteiger partial charge in [0.05, 0.1) is 6.20 Å². The number of aromatic nitrogens is 3. The van der Waals surface area contributed by atoms with Crippen molar-refractivity contribution in [2.45, 2.75) is 26.2 Å².